The first-order valence-electron chi connectivity index (χ1n) is 8.28. The molecule has 1 N–H and O–H groups in total. The van der Waals surface area contributed by atoms with Gasteiger partial charge in [-0.2, -0.15) is 4.98 Å². The molecule has 1 aromatic heterocycles. The summed E-state index contributed by atoms with van der Waals surface area (Å²) >= 11 is 0. The van der Waals surface area contributed by atoms with E-state index in [0.29, 0.717) is 11.9 Å². The van der Waals surface area contributed by atoms with Crippen LogP contribution in [0.15, 0.2) is 28.8 Å². The monoisotopic (exact) mass is 346 g/mol. The van der Waals surface area contributed by atoms with Gasteiger partial charge in [-0.05, 0) is 50.4 Å². The smallest absolute Gasteiger partial charge is 0.317 e. The number of para-hydroxylation sites is 1. The van der Waals surface area contributed by atoms with Crippen LogP contribution in [-0.2, 0) is 10.2 Å². The molecule has 1 amide bonds. The molecule has 1 aromatic carbocycles. The van der Waals surface area contributed by atoms with Gasteiger partial charge in [0.25, 0.3) is 0 Å². The number of carbonyl (C=O) groups is 1. The number of benzene rings is 1. The van der Waals surface area contributed by atoms with Gasteiger partial charge in [0.05, 0.1) is 11.1 Å². The Bertz CT molecular complexity index is 780. The van der Waals surface area contributed by atoms with Gasteiger partial charge in [0, 0.05) is 5.92 Å². The van der Waals surface area contributed by atoms with Crippen LogP contribution >= 0.6 is 12.4 Å². The first kappa shape index (κ1) is 15.6. The topological polar surface area (TPSA) is 71.3 Å². The zero-order valence-electron chi connectivity index (χ0n) is 13.2. The van der Waals surface area contributed by atoms with Crippen LogP contribution in [-0.4, -0.2) is 29.1 Å². The van der Waals surface area contributed by atoms with Crippen molar-refractivity contribution in [3.05, 3.63) is 35.7 Å². The Labute approximate surface area is 146 Å². The molecule has 0 atom stereocenters. The number of carbonyl (C=O) groups excluding carboxylic acids is 1. The van der Waals surface area contributed by atoms with Crippen molar-refractivity contribution in [2.45, 2.75) is 37.0 Å². The molecule has 1 aliphatic carbocycles. The van der Waals surface area contributed by atoms with Crippen LogP contribution in [0.4, 0.5) is 11.7 Å². The van der Waals surface area contributed by atoms with E-state index in [1.807, 2.05) is 24.3 Å². The largest absolute Gasteiger partial charge is 0.335 e. The molecule has 2 aromatic rings. The average molecular weight is 347 g/mol. The molecule has 1 spiro atoms. The Kier molecular flexibility index (Phi) is 3.62. The van der Waals surface area contributed by atoms with Gasteiger partial charge in [0.2, 0.25) is 5.91 Å². The Morgan fingerprint density at radius 2 is 1.96 bits per heavy atom. The first-order valence-corrected chi connectivity index (χ1v) is 8.28. The van der Waals surface area contributed by atoms with Crippen LogP contribution in [0.25, 0.3) is 0 Å². The van der Waals surface area contributed by atoms with Crippen LogP contribution < -0.4 is 10.2 Å². The second-order valence-corrected chi connectivity index (χ2v) is 6.70. The van der Waals surface area contributed by atoms with Crippen molar-refractivity contribution >= 4 is 30.0 Å². The molecule has 1 saturated carbocycles. The molecule has 0 bridgehead atoms. The van der Waals surface area contributed by atoms with Crippen LogP contribution in [0.5, 0.6) is 0 Å². The summed E-state index contributed by atoms with van der Waals surface area (Å²) in [5.41, 5.74) is 1.67. The zero-order chi connectivity index (χ0) is 15.4. The third-order valence-corrected chi connectivity index (χ3v) is 5.35. The minimum Gasteiger partial charge on any atom is -0.317 e. The maximum absolute atomic E-state index is 12.9. The highest BCUT2D eigenvalue weighted by Crippen LogP contribution is 2.58. The molecule has 6 nitrogen and oxygen atoms in total. The van der Waals surface area contributed by atoms with Gasteiger partial charge in [-0.3, -0.25) is 4.79 Å². The zero-order valence-corrected chi connectivity index (χ0v) is 14.0. The van der Waals surface area contributed by atoms with Crippen molar-refractivity contribution < 1.29 is 9.32 Å². The Morgan fingerprint density at radius 3 is 2.71 bits per heavy atom. The highest BCUT2D eigenvalue weighted by atomic mass is 35.5. The summed E-state index contributed by atoms with van der Waals surface area (Å²) in [6.45, 7) is 1.95. The fourth-order valence-electron chi connectivity index (χ4n) is 3.87. The highest BCUT2D eigenvalue weighted by Gasteiger charge is 2.60. The third kappa shape index (κ3) is 2.09. The summed E-state index contributed by atoms with van der Waals surface area (Å²) in [4.78, 5) is 19.1. The van der Waals surface area contributed by atoms with Crippen LogP contribution in [0.1, 0.15) is 43.0 Å². The number of aromatic nitrogens is 2. The molecule has 3 heterocycles. The molecule has 2 fully saturated rings. The Hall–Kier alpha value is -1.92. The normalized spacial score (nSPS) is 21.7. The van der Waals surface area contributed by atoms with Crippen LogP contribution in [0.2, 0.25) is 0 Å². The first-order chi connectivity index (χ1) is 11.3. The van der Waals surface area contributed by atoms with Crippen LogP contribution in [0.3, 0.4) is 0 Å². The van der Waals surface area contributed by atoms with E-state index in [1.54, 1.807) is 4.90 Å². The fraction of sp³-hybridized carbons (Fsp3) is 0.471. The lowest BCUT2D eigenvalue weighted by Crippen LogP contribution is -2.28. The predicted octanol–water partition coefficient (Wildman–Crippen LogP) is 2.67. The van der Waals surface area contributed by atoms with Gasteiger partial charge in [-0.1, -0.05) is 23.4 Å². The molecular weight excluding hydrogens is 328 g/mol. The van der Waals surface area contributed by atoms with E-state index >= 15 is 0 Å². The number of hydrogen-bond donors (Lipinski definition) is 1. The van der Waals surface area contributed by atoms with Gasteiger partial charge >= 0.3 is 6.01 Å². The standard InChI is InChI=1S/C17H18N4O2.ClH/c22-15-17(7-8-17)12-3-1-2-4-13(12)21(15)16-19-14(20-23-16)11-5-9-18-10-6-11;/h1-4,11,18H,5-10H2;1H. The van der Waals surface area contributed by atoms with Crippen molar-refractivity contribution in [3.8, 4) is 0 Å². The number of nitrogens with one attached hydrogen (secondary N) is 1. The van der Waals surface area contributed by atoms with Crippen molar-refractivity contribution in [2.75, 3.05) is 18.0 Å². The lowest BCUT2D eigenvalue weighted by Gasteiger charge is -2.19. The summed E-state index contributed by atoms with van der Waals surface area (Å²) in [5, 5.41) is 7.49. The van der Waals surface area contributed by atoms with E-state index in [9.17, 15) is 4.79 Å². The second-order valence-electron chi connectivity index (χ2n) is 6.70. The molecule has 1 saturated heterocycles. The Morgan fingerprint density at radius 1 is 1.21 bits per heavy atom. The van der Waals surface area contributed by atoms with Crippen molar-refractivity contribution in [2.24, 2.45) is 0 Å². The van der Waals surface area contributed by atoms with Crippen molar-refractivity contribution in [3.63, 3.8) is 0 Å². The molecule has 7 heteroatoms. The Balaban J connectivity index is 0.00000146. The summed E-state index contributed by atoms with van der Waals surface area (Å²) in [6.07, 6.45) is 3.84. The molecule has 126 valence electrons. The van der Waals surface area contributed by atoms with E-state index in [-0.39, 0.29) is 23.7 Å². The van der Waals surface area contributed by atoms with Crippen LogP contribution in [0, 0.1) is 0 Å². The van der Waals surface area contributed by atoms with Gasteiger partial charge in [0.15, 0.2) is 5.82 Å². The SMILES string of the molecule is Cl.O=C1N(c2nc(C3CCNCC3)no2)c2ccccc2C12CC2. The average Bonchev–Trinajstić information content (AvgIpc) is 3.20. The van der Waals surface area contributed by atoms with Gasteiger partial charge in [-0.15, -0.1) is 12.4 Å². The van der Waals surface area contributed by atoms with Crippen molar-refractivity contribution in [1.82, 2.24) is 15.5 Å². The van der Waals surface area contributed by atoms with Crippen molar-refractivity contribution in [1.29, 1.82) is 0 Å². The summed E-state index contributed by atoms with van der Waals surface area (Å²) in [7, 11) is 0. The maximum atomic E-state index is 12.9. The van der Waals surface area contributed by atoms with E-state index in [4.69, 9.17) is 4.52 Å². The molecule has 0 radical (unpaired) electrons. The number of anilines is 2. The number of halogens is 1. The summed E-state index contributed by atoms with van der Waals surface area (Å²) in [5.74, 6) is 1.12. The molecule has 2 aliphatic heterocycles. The molecule has 0 unspecified atom stereocenters. The number of hydrogen-bond acceptors (Lipinski definition) is 5. The molecular formula is C17H19ClN4O2. The number of amides is 1. The number of fused-ring (bicyclic) bond motifs is 2. The highest BCUT2D eigenvalue weighted by molar-refractivity contribution is 6.13. The number of nitrogens with zero attached hydrogens (tertiary/aromatic N) is 3. The molecule has 3 aliphatic rings. The summed E-state index contributed by atoms with van der Waals surface area (Å²) in [6, 6.07) is 8.27. The van der Waals surface area contributed by atoms with Gasteiger partial charge in [0.1, 0.15) is 0 Å². The lowest BCUT2D eigenvalue weighted by atomic mass is 9.98. The summed E-state index contributed by atoms with van der Waals surface area (Å²) < 4.78 is 5.47. The quantitative estimate of drug-likeness (QED) is 0.905. The third-order valence-electron chi connectivity index (χ3n) is 5.35. The molecule has 24 heavy (non-hydrogen) atoms. The van der Waals surface area contributed by atoms with E-state index in [2.05, 4.69) is 15.5 Å². The minimum absolute atomic E-state index is 0. The van der Waals surface area contributed by atoms with E-state index in [0.717, 1.165) is 55.8 Å². The number of piperidine rings is 1. The second kappa shape index (κ2) is 5.57. The molecule has 5 rings (SSSR count). The lowest BCUT2D eigenvalue weighted by molar-refractivity contribution is -0.119. The fourth-order valence-corrected chi connectivity index (χ4v) is 3.87. The van der Waals surface area contributed by atoms with Gasteiger partial charge < -0.3 is 9.84 Å². The van der Waals surface area contributed by atoms with Gasteiger partial charge in [-0.25, -0.2) is 4.90 Å². The van der Waals surface area contributed by atoms with E-state index in [1.165, 1.54) is 0 Å². The van der Waals surface area contributed by atoms with E-state index < -0.39 is 0 Å². The predicted molar refractivity (Wildman–Crippen MR) is 90.9 cm³/mol. The maximum Gasteiger partial charge on any atom is 0.335 e. The number of rotatable bonds is 2. The minimum atomic E-state index is -0.333.